The topological polar surface area (TPSA) is 38.3 Å². The van der Waals surface area contributed by atoms with Gasteiger partial charge in [-0.25, -0.2) is 0 Å². The van der Waals surface area contributed by atoms with E-state index in [9.17, 15) is 4.79 Å². The molecule has 0 radical (unpaired) electrons. The molecule has 0 aliphatic carbocycles. The molecule has 2 atom stereocenters. The number of hydrogen-bond acceptors (Lipinski definition) is 3. The maximum Gasteiger partial charge on any atom is 0.252 e. The molecule has 88 valence electrons. The summed E-state index contributed by atoms with van der Waals surface area (Å²) < 4.78 is 6.59. The molecule has 0 aromatic carbocycles. The van der Waals surface area contributed by atoms with Crippen LogP contribution in [-0.4, -0.2) is 24.7 Å². The highest BCUT2D eigenvalue weighted by Crippen LogP contribution is 2.18. The molecule has 2 heterocycles. The molecule has 1 aromatic heterocycles. The van der Waals surface area contributed by atoms with Crippen molar-refractivity contribution < 1.29 is 9.53 Å². The summed E-state index contributed by atoms with van der Waals surface area (Å²) in [7, 11) is 0. The van der Waals surface area contributed by atoms with Crippen LogP contribution in [0.4, 0.5) is 0 Å². The number of amides is 1. The van der Waals surface area contributed by atoms with E-state index in [2.05, 4.69) is 27.9 Å². The molecular formula is C11H14INO2S. The summed E-state index contributed by atoms with van der Waals surface area (Å²) >= 11 is 3.82. The van der Waals surface area contributed by atoms with E-state index in [1.165, 1.54) is 0 Å². The Balaban J connectivity index is 1.92. The Labute approximate surface area is 113 Å². The summed E-state index contributed by atoms with van der Waals surface area (Å²) in [6.07, 6.45) is 2.08. The molecule has 1 saturated heterocycles. The van der Waals surface area contributed by atoms with E-state index < -0.39 is 0 Å². The third kappa shape index (κ3) is 3.18. The van der Waals surface area contributed by atoms with E-state index in [1.54, 1.807) is 11.3 Å². The molecule has 0 saturated carbocycles. The van der Waals surface area contributed by atoms with Crippen LogP contribution in [0, 0.1) is 2.88 Å². The van der Waals surface area contributed by atoms with Gasteiger partial charge < -0.3 is 10.1 Å². The van der Waals surface area contributed by atoms with Crippen LogP contribution >= 0.6 is 33.9 Å². The zero-order valence-electron chi connectivity index (χ0n) is 9.03. The third-order valence-electron chi connectivity index (χ3n) is 2.65. The second-order valence-electron chi connectivity index (χ2n) is 4.02. The first-order valence-electron chi connectivity index (χ1n) is 5.31. The smallest absolute Gasteiger partial charge is 0.252 e. The third-order valence-corrected chi connectivity index (χ3v) is 4.44. The van der Waals surface area contributed by atoms with Gasteiger partial charge in [0.15, 0.2) is 0 Å². The van der Waals surface area contributed by atoms with Gasteiger partial charge in [-0.2, -0.15) is 0 Å². The molecule has 3 nitrogen and oxygen atoms in total. The minimum absolute atomic E-state index is 0.0401. The van der Waals surface area contributed by atoms with Crippen LogP contribution in [0.2, 0.25) is 0 Å². The minimum Gasteiger partial charge on any atom is -0.378 e. The highest BCUT2D eigenvalue weighted by Gasteiger charge is 2.21. The average molecular weight is 351 g/mol. The zero-order valence-corrected chi connectivity index (χ0v) is 12.0. The lowest BCUT2D eigenvalue weighted by Gasteiger charge is -2.27. The number of ether oxygens (including phenoxy) is 1. The van der Waals surface area contributed by atoms with Crippen molar-refractivity contribution in [1.29, 1.82) is 0 Å². The van der Waals surface area contributed by atoms with E-state index in [4.69, 9.17) is 4.74 Å². The maximum absolute atomic E-state index is 11.9. The SMILES string of the molecule is CC1CC(NC(=O)c2csc(I)c2)CCO1. The van der Waals surface area contributed by atoms with Crippen LogP contribution in [0.25, 0.3) is 0 Å². The van der Waals surface area contributed by atoms with Gasteiger partial charge >= 0.3 is 0 Å². The molecular weight excluding hydrogens is 337 g/mol. The van der Waals surface area contributed by atoms with Crippen LogP contribution in [0.15, 0.2) is 11.4 Å². The molecule has 2 rings (SSSR count). The molecule has 1 aromatic rings. The molecule has 2 unspecified atom stereocenters. The van der Waals surface area contributed by atoms with E-state index in [-0.39, 0.29) is 18.1 Å². The predicted octanol–water partition coefficient (Wildman–Crippen LogP) is 2.65. The Bertz CT molecular complexity index is 380. The Kier molecular flexibility index (Phi) is 4.21. The lowest BCUT2D eigenvalue weighted by Crippen LogP contribution is -2.41. The standard InChI is InChI=1S/C11H14INO2S/c1-7-4-9(2-3-15-7)13-11(14)8-5-10(12)16-6-8/h5-7,9H,2-4H2,1H3,(H,13,14). The number of nitrogens with one attached hydrogen (secondary N) is 1. The largest absolute Gasteiger partial charge is 0.378 e. The highest BCUT2D eigenvalue weighted by atomic mass is 127. The van der Waals surface area contributed by atoms with Crippen molar-refractivity contribution in [2.45, 2.75) is 31.9 Å². The van der Waals surface area contributed by atoms with Gasteiger partial charge in [-0.15, -0.1) is 11.3 Å². The zero-order chi connectivity index (χ0) is 11.5. The Morgan fingerprint density at radius 1 is 1.69 bits per heavy atom. The van der Waals surface area contributed by atoms with Crippen LogP contribution in [-0.2, 0) is 4.74 Å². The fourth-order valence-electron chi connectivity index (χ4n) is 1.83. The number of carbonyl (C=O) groups is 1. The number of carbonyl (C=O) groups excluding carboxylic acids is 1. The predicted molar refractivity (Wildman–Crippen MR) is 72.9 cm³/mol. The minimum atomic E-state index is 0.0401. The van der Waals surface area contributed by atoms with Crippen molar-refractivity contribution in [1.82, 2.24) is 5.32 Å². The molecule has 5 heteroatoms. The summed E-state index contributed by atoms with van der Waals surface area (Å²) in [6, 6.07) is 2.18. The van der Waals surface area contributed by atoms with Crippen molar-refractivity contribution in [2.24, 2.45) is 0 Å². The first-order chi connectivity index (χ1) is 7.65. The lowest BCUT2D eigenvalue weighted by molar-refractivity contribution is 0.0136. The molecule has 16 heavy (non-hydrogen) atoms. The number of thiophene rings is 1. The van der Waals surface area contributed by atoms with Crippen LogP contribution in [0.1, 0.15) is 30.1 Å². The van der Waals surface area contributed by atoms with Crippen LogP contribution in [0.5, 0.6) is 0 Å². The van der Waals surface area contributed by atoms with E-state index >= 15 is 0 Å². The molecule has 0 spiro atoms. The van der Waals surface area contributed by atoms with Gasteiger partial charge in [0.25, 0.3) is 5.91 Å². The van der Waals surface area contributed by atoms with E-state index in [0.29, 0.717) is 0 Å². The fourth-order valence-corrected chi connectivity index (χ4v) is 3.15. The second kappa shape index (κ2) is 5.46. The molecule has 1 N–H and O–H groups in total. The number of hydrogen-bond donors (Lipinski definition) is 1. The normalized spacial score (nSPS) is 25.4. The van der Waals surface area contributed by atoms with Gasteiger partial charge in [0.1, 0.15) is 0 Å². The first kappa shape index (κ1) is 12.3. The average Bonchev–Trinajstić information content (AvgIpc) is 2.65. The van der Waals surface area contributed by atoms with Gasteiger partial charge in [-0.05, 0) is 48.4 Å². The number of halogens is 1. The van der Waals surface area contributed by atoms with Gasteiger partial charge in [-0.3, -0.25) is 4.79 Å². The summed E-state index contributed by atoms with van der Waals surface area (Å²) in [6.45, 7) is 2.79. The Morgan fingerprint density at radius 2 is 2.50 bits per heavy atom. The van der Waals surface area contributed by atoms with Crippen molar-refractivity contribution in [3.8, 4) is 0 Å². The van der Waals surface area contributed by atoms with Crippen molar-refractivity contribution in [2.75, 3.05) is 6.61 Å². The quantitative estimate of drug-likeness (QED) is 0.832. The van der Waals surface area contributed by atoms with E-state index in [0.717, 1.165) is 27.9 Å². The molecule has 0 bridgehead atoms. The lowest BCUT2D eigenvalue weighted by atomic mass is 10.0. The van der Waals surface area contributed by atoms with Crippen LogP contribution in [0.3, 0.4) is 0 Å². The van der Waals surface area contributed by atoms with Gasteiger partial charge in [0, 0.05) is 18.0 Å². The monoisotopic (exact) mass is 351 g/mol. The fraction of sp³-hybridized carbons (Fsp3) is 0.545. The molecule has 1 amide bonds. The maximum atomic E-state index is 11.9. The second-order valence-corrected chi connectivity index (χ2v) is 6.82. The van der Waals surface area contributed by atoms with E-state index in [1.807, 2.05) is 18.4 Å². The molecule has 1 aliphatic heterocycles. The highest BCUT2D eigenvalue weighted by molar-refractivity contribution is 14.1. The van der Waals surface area contributed by atoms with Crippen molar-refractivity contribution in [3.05, 3.63) is 19.9 Å². The Morgan fingerprint density at radius 3 is 3.12 bits per heavy atom. The van der Waals surface area contributed by atoms with Crippen molar-refractivity contribution >= 4 is 39.8 Å². The van der Waals surface area contributed by atoms with Crippen LogP contribution < -0.4 is 5.32 Å². The molecule has 1 fully saturated rings. The number of rotatable bonds is 2. The summed E-state index contributed by atoms with van der Waals surface area (Å²) in [4.78, 5) is 11.9. The first-order valence-corrected chi connectivity index (χ1v) is 7.27. The Hall–Kier alpha value is -0.140. The summed E-state index contributed by atoms with van der Waals surface area (Å²) in [5, 5.41) is 4.97. The van der Waals surface area contributed by atoms with Crippen molar-refractivity contribution in [3.63, 3.8) is 0 Å². The van der Waals surface area contributed by atoms with Gasteiger partial charge in [-0.1, -0.05) is 0 Å². The van der Waals surface area contributed by atoms with Gasteiger partial charge in [0.05, 0.1) is 14.6 Å². The van der Waals surface area contributed by atoms with Gasteiger partial charge in [0.2, 0.25) is 0 Å². The summed E-state index contributed by atoms with van der Waals surface area (Å²) in [5.74, 6) is 0.0401. The summed E-state index contributed by atoms with van der Waals surface area (Å²) in [5.41, 5.74) is 0.772. The molecule has 1 aliphatic rings.